The van der Waals surface area contributed by atoms with Gasteiger partial charge in [0.25, 0.3) is 0 Å². The van der Waals surface area contributed by atoms with Crippen LogP contribution in [0, 0.1) is 5.92 Å². The number of hydrogen-bond acceptors (Lipinski definition) is 6. The van der Waals surface area contributed by atoms with Crippen molar-refractivity contribution in [3.63, 3.8) is 0 Å². The van der Waals surface area contributed by atoms with Crippen LogP contribution in [0.25, 0.3) is 11.3 Å². The predicted octanol–water partition coefficient (Wildman–Crippen LogP) is 2.20. The fourth-order valence-electron chi connectivity index (χ4n) is 3.23. The van der Waals surface area contributed by atoms with Gasteiger partial charge in [0, 0.05) is 50.1 Å². The van der Waals surface area contributed by atoms with Crippen LogP contribution in [0.3, 0.4) is 0 Å². The Balaban J connectivity index is 1.53. The second-order valence-corrected chi connectivity index (χ2v) is 7.28. The van der Waals surface area contributed by atoms with Gasteiger partial charge in [-0.15, -0.1) is 0 Å². The number of carbonyl (C=O) groups excluding carboxylic acids is 1. The molecule has 2 N–H and O–H groups in total. The molecule has 0 spiro atoms. The van der Waals surface area contributed by atoms with E-state index in [4.69, 9.17) is 9.84 Å². The van der Waals surface area contributed by atoms with Crippen LogP contribution in [0.15, 0.2) is 36.8 Å². The normalized spacial score (nSPS) is 15.8. The summed E-state index contributed by atoms with van der Waals surface area (Å²) in [6.45, 7) is 4.64. The quantitative estimate of drug-likeness (QED) is 0.764. The van der Waals surface area contributed by atoms with Gasteiger partial charge in [-0.2, -0.15) is 0 Å². The summed E-state index contributed by atoms with van der Waals surface area (Å²) in [6, 6.07) is 5.18. The van der Waals surface area contributed by atoms with Gasteiger partial charge in [0.15, 0.2) is 0 Å². The molecule has 1 atom stereocenters. The lowest BCUT2D eigenvalue weighted by Crippen LogP contribution is -2.53. The van der Waals surface area contributed by atoms with E-state index in [2.05, 4.69) is 20.3 Å². The van der Waals surface area contributed by atoms with E-state index in [0.717, 1.165) is 11.3 Å². The van der Waals surface area contributed by atoms with Crippen molar-refractivity contribution in [1.82, 2.24) is 25.2 Å². The molecule has 2 amide bonds. The molecule has 9 heteroatoms. The lowest BCUT2D eigenvalue weighted by molar-refractivity contribution is -0.136. The van der Waals surface area contributed by atoms with E-state index in [-0.39, 0.29) is 17.9 Å². The highest BCUT2D eigenvalue weighted by molar-refractivity contribution is 5.85. The number of aromatic nitrogens is 3. The zero-order valence-corrected chi connectivity index (χ0v) is 16.5. The van der Waals surface area contributed by atoms with Crippen LogP contribution in [-0.4, -0.2) is 62.2 Å². The largest absolute Gasteiger partial charge is 0.465 e. The van der Waals surface area contributed by atoms with Crippen molar-refractivity contribution in [2.75, 3.05) is 13.1 Å². The molecule has 0 unspecified atom stereocenters. The highest BCUT2D eigenvalue weighted by atomic mass is 16.5. The first-order valence-electron chi connectivity index (χ1n) is 9.62. The summed E-state index contributed by atoms with van der Waals surface area (Å²) >= 11 is 0. The first-order valence-corrected chi connectivity index (χ1v) is 9.62. The van der Waals surface area contributed by atoms with Gasteiger partial charge in [-0.1, -0.05) is 19.9 Å². The summed E-state index contributed by atoms with van der Waals surface area (Å²) in [7, 11) is 0. The Hall–Kier alpha value is -3.23. The Labute approximate surface area is 169 Å². The van der Waals surface area contributed by atoms with E-state index in [1.807, 2.05) is 32.0 Å². The van der Waals surface area contributed by atoms with Crippen LogP contribution in [0.2, 0.25) is 0 Å². The number of nitrogens with zero attached hydrogens (tertiary/aromatic N) is 4. The zero-order chi connectivity index (χ0) is 20.8. The van der Waals surface area contributed by atoms with Gasteiger partial charge < -0.3 is 20.1 Å². The number of ether oxygens (including phenoxy) is 1. The standard InChI is InChI=1S/C20H25N5O4/c1-13(2)17(24-20(27)28)18(26)25-9-6-15(7-10-25)29-19-22-11-14(12-23-19)16-5-3-4-8-21-16/h3-5,8,11-13,15,17,24H,6-7,9-10H2,1-2H3,(H,27,28)/t17-/m0/s1. The summed E-state index contributed by atoms with van der Waals surface area (Å²) < 4.78 is 5.86. The monoisotopic (exact) mass is 399 g/mol. The van der Waals surface area contributed by atoms with Crippen molar-refractivity contribution in [1.29, 1.82) is 0 Å². The Morgan fingerprint density at radius 3 is 2.41 bits per heavy atom. The Kier molecular flexibility index (Phi) is 6.58. The van der Waals surface area contributed by atoms with Gasteiger partial charge in [0.05, 0.1) is 5.69 Å². The second-order valence-electron chi connectivity index (χ2n) is 7.28. The lowest BCUT2D eigenvalue weighted by atomic mass is 10.0. The molecule has 0 saturated carbocycles. The van der Waals surface area contributed by atoms with Gasteiger partial charge >= 0.3 is 12.1 Å². The first-order chi connectivity index (χ1) is 13.9. The predicted molar refractivity (Wildman–Crippen MR) is 105 cm³/mol. The number of amides is 2. The van der Waals surface area contributed by atoms with Crippen molar-refractivity contribution in [2.24, 2.45) is 5.92 Å². The molecule has 3 heterocycles. The van der Waals surface area contributed by atoms with Crippen LogP contribution in [0.1, 0.15) is 26.7 Å². The fourth-order valence-corrected chi connectivity index (χ4v) is 3.23. The summed E-state index contributed by atoms with van der Waals surface area (Å²) in [5.41, 5.74) is 1.60. The molecule has 0 aliphatic carbocycles. The van der Waals surface area contributed by atoms with E-state index < -0.39 is 12.1 Å². The molecule has 1 saturated heterocycles. The van der Waals surface area contributed by atoms with E-state index in [9.17, 15) is 9.59 Å². The number of hydrogen-bond donors (Lipinski definition) is 2. The van der Waals surface area contributed by atoms with Crippen molar-refractivity contribution in [3.05, 3.63) is 36.8 Å². The topological polar surface area (TPSA) is 118 Å². The van der Waals surface area contributed by atoms with Crippen LogP contribution < -0.4 is 10.1 Å². The third-order valence-electron chi connectivity index (χ3n) is 4.83. The number of pyridine rings is 1. The minimum absolute atomic E-state index is 0.0929. The molecule has 2 aromatic rings. The van der Waals surface area contributed by atoms with Crippen LogP contribution in [0.4, 0.5) is 4.79 Å². The Bertz CT molecular complexity index is 821. The third-order valence-corrected chi connectivity index (χ3v) is 4.83. The molecule has 1 fully saturated rings. The highest BCUT2D eigenvalue weighted by Gasteiger charge is 2.31. The molecular formula is C20H25N5O4. The van der Waals surface area contributed by atoms with Gasteiger partial charge in [0.1, 0.15) is 12.1 Å². The minimum Gasteiger partial charge on any atom is -0.465 e. The molecule has 29 heavy (non-hydrogen) atoms. The average molecular weight is 399 g/mol. The summed E-state index contributed by atoms with van der Waals surface area (Å²) in [5.74, 6) is -0.324. The van der Waals surface area contributed by atoms with E-state index in [1.165, 1.54) is 0 Å². The van der Waals surface area contributed by atoms with Crippen LogP contribution >= 0.6 is 0 Å². The molecule has 154 valence electrons. The van der Waals surface area contributed by atoms with Crippen molar-refractivity contribution in [2.45, 2.75) is 38.8 Å². The lowest BCUT2D eigenvalue weighted by Gasteiger charge is -2.34. The van der Waals surface area contributed by atoms with Crippen LogP contribution in [-0.2, 0) is 4.79 Å². The Morgan fingerprint density at radius 2 is 1.86 bits per heavy atom. The van der Waals surface area contributed by atoms with Gasteiger partial charge in [-0.05, 0) is 18.1 Å². The number of carbonyl (C=O) groups is 2. The summed E-state index contributed by atoms with van der Waals surface area (Å²) in [5, 5.41) is 11.3. The van der Waals surface area contributed by atoms with Gasteiger partial charge in [0.2, 0.25) is 5.91 Å². The van der Waals surface area contributed by atoms with Crippen molar-refractivity contribution >= 4 is 12.0 Å². The SMILES string of the molecule is CC(C)[C@H](NC(=O)O)C(=O)N1CCC(Oc2ncc(-c3ccccn3)cn2)CC1. The average Bonchev–Trinajstić information content (AvgIpc) is 2.73. The van der Waals surface area contributed by atoms with Gasteiger partial charge in [-0.25, -0.2) is 14.8 Å². The van der Waals surface area contributed by atoms with Crippen molar-refractivity contribution in [3.8, 4) is 17.3 Å². The van der Waals surface area contributed by atoms with Gasteiger partial charge in [-0.3, -0.25) is 9.78 Å². The molecule has 1 aliphatic heterocycles. The first kappa shape index (κ1) is 20.5. The Morgan fingerprint density at radius 1 is 1.17 bits per heavy atom. The smallest absolute Gasteiger partial charge is 0.405 e. The fraction of sp³-hybridized carbons (Fsp3) is 0.450. The molecular weight excluding hydrogens is 374 g/mol. The van der Waals surface area contributed by atoms with E-state index in [0.29, 0.717) is 31.9 Å². The summed E-state index contributed by atoms with van der Waals surface area (Å²) in [4.78, 5) is 38.1. The highest BCUT2D eigenvalue weighted by Crippen LogP contribution is 2.20. The number of likely N-dealkylation sites (tertiary alicyclic amines) is 1. The molecule has 0 bridgehead atoms. The minimum atomic E-state index is -1.19. The molecule has 3 rings (SSSR count). The molecule has 9 nitrogen and oxygen atoms in total. The van der Waals surface area contributed by atoms with Crippen LogP contribution in [0.5, 0.6) is 6.01 Å². The maximum atomic E-state index is 12.6. The zero-order valence-electron chi connectivity index (χ0n) is 16.5. The summed E-state index contributed by atoms with van der Waals surface area (Å²) in [6.07, 6.45) is 5.04. The number of carboxylic acid groups (broad SMARTS) is 1. The molecule has 0 radical (unpaired) electrons. The van der Waals surface area contributed by atoms with E-state index >= 15 is 0 Å². The maximum Gasteiger partial charge on any atom is 0.405 e. The third kappa shape index (κ3) is 5.40. The molecule has 1 aliphatic rings. The number of nitrogens with one attached hydrogen (secondary N) is 1. The van der Waals surface area contributed by atoms with E-state index in [1.54, 1.807) is 23.5 Å². The molecule has 0 aromatic carbocycles. The molecule has 2 aromatic heterocycles. The van der Waals surface area contributed by atoms with Crippen molar-refractivity contribution < 1.29 is 19.4 Å². The number of rotatable bonds is 6. The second kappa shape index (κ2) is 9.31. The number of piperidine rings is 1. The maximum absolute atomic E-state index is 12.6.